The number of ether oxygens (including phenoxy) is 1. The molecule has 2 saturated heterocycles. The molecule has 0 radical (unpaired) electrons. The first-order valence-electron chi connectivity index (χ1n) is 11.0. The monoisotopic (exact) mass is 413 g/mol. The van der Waals surface area contributed by atoms with Gasteiger partial charge < -0.3 is 24.4 Å². The molecule has 1 N–H and O–H groups in total. The maximum absolute atomic E-state index is 12.6. The minimum absolute atomic E-state index is 0.0399. The summed E-state index contributed by atoms with van der Waals surface area (Å²) in [4.78, 5) is 21.7. The average Bonchev–Trinajstić information content (AvgIpc) is 3.49. The second-order valence-corrected chi connectivity index (χ2v) is 8.11. The van der Waals surface area contributed by atoms with Gasteiger partial charge in [0.05, 0.1) is 13.0 Å². The predicted molar refractivity (Wildman–Crippen MR) is 115 cm³/mol. The van der Waals surface area contributed by atoms with Crippen LogP contribution in [0.25, 0.3) is 11.4 Å². The van der Waals surface area contributed by atoms with Crippen LogP contribution in [0.2, 0.25) is 0 Å². The van der Waals surface area contributed by atoms with E-state index in [0.29, 0.717) is 18.4 Å². The number of nitrogens with zero attached hydrogens (tertiary/aromatic N) is 4. The van der Waals surface area contributed by atoms with Gasteiger partial charge in [-0.15, -0.1) is 0 Å². The Morgan fingerprint density at radius 3 is 2.77 bits per heavy atom. The maximum Gasteiger partial charge on any atom is 0.324 e. The molecule has 1 aromatic heterocycles. The Labute approximate surface area is 177 Å². The van der Waals surface area contributed by atoms with Gasteiger partial charge in [-0.3, -0.25) is 4.79 Å². The molecule has 30 heavy (non-hydrogen) atoms. The Morgan fingerprint density at radius 1 is 1.20 bits per heavy atom. The molecule has 2 aliphatic heterocycles. The summed E-state index contributed by atoms with van der Waals surface area (Å²) >= 11 is 0. The molecule has 0 spiro atoms. The van der Waals surface area contributed by atoms with Crippen molar-refractivity contribution in [2.75, 3.05) is 51.3 Å². The van der Waals surface area contributed by atoms with E-state index in [1.54, 1.807) is 7.11 Å². The minimum atomic E-state index is -0.0399. The number of hydrogen-bond acceptors (Lipinski definition) is 7. The van der Waals surface area contributed by atoms with E-state index in [-0.39, 0.29) is 11.8 Å². The summed E-state index contributed by atoms with van der Waals surface area (Å²) in [6.45, 7) is 5.66. The standard InChI is InChI=1S/C22H31N5O3/c1-29-19-9-7-17(8-10-19)20-24-22(30-25-20)27-15-4-6-18(16-27)21(28)23-11-5-14-26-12-2-3-13-26/h7-10,18H,2-6,11-16H2,1H3,(H,23,28). The largest absolute Gasteiger partial charge is 0.497 e. The van der Waals surface area contributed by atoms with Crippen molar-refractivity contribution in [2.45, 2.75) is 32.1 Å². The third kappa shape index (κ3) is 5.11. The Hall–Kier alpha value is -2.61. The molecular formula is C22H31N5O3. The van der Waals surface area contributed by atoms with Crippen molar-refractivity contribution in [2.24, 2.45) is 5.92 Å². The summed E-state index contributed by atoms with van der Waals surface area (Å²) in [5.74, 6) is 1.42. The molecule has 3 heterocycles. The van der Waals surface area contributed by atoms with Gasteiger partial charge in [-0.2, -0.15) is 4.98 Å². The van der Waals surface area contributed by atoms with E-state index < -0.39 is 0 Å². The van der Waals surface area contributed by atoms with Crippen LogP contribution in [0.1, 0.15) is 32.1 Å². The third-order valence-corrected chi connectivity index (χ3v) is 5.98. The van der Waals surface area contributed by atoms with E-state index in [2.05, 4.69) is 20.4 Å². The number of carbonyl (C=O) groups is 1. The average molecular weight is 414 g/mol. The molecule has 8 heteroatoms. The van der Waals surface area contributed by atoms with Gasteiger partial charge in [0.1, 0.15) is 5.75 Å². The van der Waals surface area contributed by atoms with E-state index in [1.165, 1.54) is 25.9 Å². The van der Waals surface area contributed by atoms with E-state index in [9.17, 15) is 4.79 Å². The van der Waals surface area contributed by atoms with Crippen molar-refractivity contribution >= 4 is 11.9 Å². The van der Waals surface area contributed by atoms with Gasteiger partial charge in [0.25, 0.3) is 0 Å². The lowest BCUT2D eigenvalue weighted by Crippen LogP contribution is -2.43. The number of carbonyl (C=O) groups excluding carboxylic acids is 1. The molecule has 0 saturated carbocycles. The first-order valence-corrected chi connectivity index (χ1v) is 11.0. The topological polar surface area (TPSA) is 83.7 Å². The Bertz CT molecular complexity index is 816. The zero-order valence-electron chi connectivity index (χ0n) is 17.7. The van der Waals surface area contributed by atoms with Gasteiger partial charge in [-0.25, -0.2) is 0 Å². The van der Waals surface area contributed by atoms with E-state index in [0.717, 1.165) is 50.2 Å². The van der Waals surface area contributed by atoms with Crippen LogP contribution >= 0.6 is 0 Å². The lowest BCUT2D eigenvalue weighted by atomic mass is 9.97. The highest BCUT2D eigenvalue weighted by Gasteiger charge is 2.28. The van der Waals surface area contributed by atoms with Crippen LogP contribution in [0.5, 0.6) is 5.75 Å². The van der Waals surface area contributed by atoms with Gasteiger partial charge in [0.2, 0.25) is 11.7 Å². The molecule has 2 aromatic rings. The Balaban J connectivity index is 1.28. The number of benzene rings is 1. The first kappa shape index (κ1) is 20.7. The summed E-state index contributed by atoms with van der Waals surface area (Å²) in [6.07, 6.45) is 5.46. The van der Waals surface area contributed by atoms with Crippen LogP contribution in [-0.4, -0.2) is 67.3 Å². The normalized spacial score (nSPS) is 19.8. The van der Waals surface area contributed by atoms with E-state index in [1.807, 2.05) is 29.2 Å². The van der Waals surface area contributed by atoms with Gasteiger partial charge in [0.15, 0.2) is 0 Å². The molecule has 8 nitrogen and oxygen atoms in total. The van der Waals surface area contributed by atoms with Crippen molar-refractivity contribution < 1.29 is 14.1 Å². The third-order valence-electron chi connectivity index (χ3n) is 5.98. The van der Waals surface area contributed by atoms with Crippen molar-refractivity contribution in [1.29, 1.82) is 0 Å². The van der Waals surface area contributed by atoms with Gasteiger partial charge in [-0.1, -0.05) is 5.16 Å². The van der Waals surface area contributed by atoms with Crippen LogP contribution in [0.15, 0.2) is 28.8 Å². The zero-order valence-corrected chi connectivity index (χ0v) is 17.7. The van der Waals surface area contributed by atoms with Crippen molar-refractivity contribution in [3.8, 4) is 17.1 Å². The summed E-state index contributed by atoms with van der Waals surface area (Å²) < 4.78 is 10.7. The van der Waals surface area contributed by atoms with Gasteiger partial charge in [0, 0.05) is 25.2 Å². The number of hydrogen-bond donors (Lipinski definition) is 1. The molecular weight excluding hydrogens is 382 g/mol. The summed E-state index contributed by atoms with van der Waals surface area (Å²) in [7, 11) is 1.64. The van der Waals surface area contributed by atoms with Crippen LogP contribution < -0.4 is 15.0 Å². The fraction of sp³-hybridized carbons (Fsp3) is 0.591. The number of piperidine rings is 1. The molecule has 4 rings (SSSR count). The maximum atomic E-state index is 12.6. The fourth-order valence-corrected chi connectivity index (χ4v) is 4.23. The van der Waals surface area contributed by atoms with Gasteiger partial charge >= 0.3 is 6.01 Å². The summed E-state index contributed by atoms with van der Waals surface area (Å²) in [5.41, 5.74) is 0.870. The first-order chi connectivity index (χ1) is 14.7. The number of methoxy groups -OCH3 is 1. The van der Waals surface area contributed by atoms with Crippen LogP contribution in [-0.2, 0) is 4.79 Å². The number of anilines is 1. The molecule has 2 fully saturated rings. The lowest BCUT2D eigenvalue weighted by Gasteiger charge is -2.30. The molecule has 1 atom stereocenters. The molecule has 162 valence electrons. The van der Waals surface area contributed by atoms with Crippen LogP contribution in [0.4, 0.5) is 6.01 Å². The number of amides is 1. The minimum Gasteiger partial charge on any atom is -0.497 e. The van der Waals surface area contributed by atoms with E-state index in [4.69, 9.17) is 9.26 Å². The van der Waals surface area contributed by atoms with Crippen molar-refractivity contribution in [1.82, 2.24) is 20.4 Å². The highest BCUT2D eigenvalue weighted by molar-refractivity contribution is 5.79. The zero-order chi connectivity index (χ0) is 20.8. The van der Waals surface area contributed by atoms with Gasteiger partial charge in [-0.05, 0) is 76.0 Å². The van der Waals surface area contributed by atoms with Crippen molar-refractivity contribution in [3.63, 3.8) is 0 Å². The quantitative estimate of drug-likeness (QED) is 0.666. The Kier molecular flexibility index (Phi) is 6.84. The smallest absolute Gasteiger partial charge is 0.324 e. The second kappa shape index (κ2) is 9.93. The molecule has 1 unspecified atom stereocenters. The highest BCUT2D eigenvalue weighted by atomic mass is 16.5. The molecule has 1 aromatic carbocycles. The SMILES string of the molecule is COc1ccc(-c2noc(N3CCCC(C(=O)NCCCN4CCCC4)C3)n2)cc1. The second-order valence-electron chi connectivity index (χ2n) is 8.11. The van der Waals surface area contributed by atoms with E-state index >= 15 is 0 Å². The Morgan fingerprint density at radius 2 is 2.00 bits per heavy atom. The summed E-state index contributed by atoms with van der Waals surface area (Å²) in [5, 5.41) is 7.23. The molecule has 2 aliphatic rings. The molecule has 0 aliphatic carbocycles. The molecule has 0 bridgehead atoms. The number of rotatable bonds is 8. The lowest BCUT2D eigenvalue weighted by molar-refractivity contribution is -0.125. The van der Waals surface area contributed by atoms with Crippen LogP contribution in [0.3, 0.4) is 0 Å². The van der Waals surface area contributed by atoms with Crippen molar-refractivity contribution in [3.05, 3.63) is 24.3 Å². The highest BCUT2D eigenvalue weighted by Crippen LogP contribution is 2.25. The number of aromatic nitrogens is 2. The number of likely N-dealkylation sites (tertiary alicyclic amines) is 1. The predicted octanol–water partition coefficient (Wildman–Crippen LogP) is 2.56. The summed E-state index contributed by atoms with van der Waals surface area (Å²) in [6, 6.07) is 8.03. The molecule has 1 amide bonds. The van der Waals surface area contributed by atoms with Crippen LogP contribution in [0, 0.1) is 5.92 Å². The number of nitrogens with one attached hydrogen (secondary N) is 1. The fourth-order valence-electron chi connectivity index (χ4n) is 4.23.